The third kappa shape index (κ3) is 11.5. The molecule has 0 amide bonds. The molecule has 0 aliphatic heterocycles. The van der Waals surface area contributed by atoms with Crippen LogP contribution in [0.15, 0.2) is 34.1 Å². The first-order valence-corrected chi connectivity index (χ1v) is 19.3. The number of thioether (sulfide) groups is 2. The molecule has 12 heteroatoms. The predicted octanol–water partition coefficient (Wildman–Crippen LogP) is 6.22. The van der Waals surface area contributed by atoms with Gasteiger partial charge in [0.25, 0.3) is 0 Å². The molecular weight excluding hydrogens is 705 g/mol. The number of carbonyl (C=O) groups is 1. The Balaban J connectivity index is 2.56. The molecule has 8 N–H and O–H groups in total. The number of aromatic hydroxyl groups is 1. The van der Waals surface area contributed by atoms with Crippen LogP contribution in [0, 0.1) is 0 Å². The molecule has 5 atom stereocenters. The van der Waals surface area contributed by atoms with E-state index in [1.165, 1.54) is 0 Å². The molecule has 0 aliphatic carbocycles. The summed E-state index contributed by atoms with van der Waals surface area (Å²) >= 11 is 3.41. The van der Waals surface area contributed by atoms with E-state index in [9.17, 15) is 40.5 Å². The smallest absolute Gasteiger partial charge is 0.338 e. The summed E-state index contributed by atoms with van der Waals surface area (Å²) in [6.07, 6.45) is -9.07. The molecule has 2 aromatic carbocycles. The van der Waals surface area contributed by atoms with Gasteiger partial charge >= 0.3 is 5.97 Å². The highest BCUT2D eigenvalue weighted by atomic mass is 32.2. The Kier molecular flexibility index (Phi) is 14.5. The Hall–Kier alpha value is -2.03. The largest absolute Gasteiger partial charge is 0.507 e. The fourth-order valence-corrected chi connectivity index (χ4v) is 8.45. The molecule has 0 radical (unpaired) electrons. The summed E-state index contributed by atoms with van der Waals surface area (Å²) in [5.74, 6) is -1.08. The number of benzene rings is 2. The van der Waals surface area contributed by atoms with Gasteiger partial charge in [0.2, 0.25) is 0 Å². The van der Waals surface area contributed by atoms with Crippen molar-refractivity contribution in [1.29, 1.82) is 0 Å². The molecular formula is C40H64O10S2. The van der Waals surface area contributed by atoms with Gasteiger partial charge in [0.15, 0.2) is 5.60 Å². The van der Waals surface area contributed by atoms with Gasteiger partial charge in [0, 0.05) is 38.5 Å². The van der Waals surface area contributed by atoms with E-state index >= 15 is 0 Å². The van der Waals surface area contributed by atoms with Crippen LogP contribution in [0.5, 0.6) is 11.5 Å². The van der Waals surface area contributed by atoms with Crippen LogP contribution in [-0.4, -0.2) is 94.1 Å². The highest BCUT2D eigenvalue weighted by molar-refractivity contribution is 8.18. The summed E-state index contributed by atoms with van der Waals surface area (Å²) in [7, 11) is 0. The number of rotatable bonds is 14. The molecule has 0 heterocycles. The molecule has 0 spiro atoms. The fraction of sp³-hybridized carbons (Fsp3) is 0.675. The van der Waals surface area contributed by atoms with Crippen molar-refractivity contribution in [2.24, 2.45) is 0 Å². The van der Waals surface area contributed by atoms with Gasteiger partial charge in [-0.15, -0.1) is 23.5 Å². The predicted molar refractivity (Wildman–Crippen MR) is 209 cm³/mol. The minimum absolute atomic E-state index is 0.264. The van der Waals surface area contributed by atoms with E-state index in [0.29, 0.717) is 11.5 Å². The summed E-state index contributed by atoms with van der Waals surface area (Å²) in [6, 6.07) is 8.29. The molecule has 2 aromatic rings. The van der Waals surface area contributed by atoms with Crippen LogP contribution in [-0.2, 0) is 26.5 Å². The number of ether oxygens (including phenoxy) is 1. The Labute approximate surface area is 319 Å². The minimum Gasteiger partial charge on any atom is -0.507 e. The molecule has 0 bridgehead atoms. The Morgan fingerprint density at radius 3 is 1.38 bits per heavy atom. The number of aliphatic carboxylic acids is 1. The molecule has 52 heavy (non-hydrogen) atoms. The zero-order valence-electron chi connectivity index (χ0n) is 33.5. The number of phenols is 1. The van der Waals surface area contributed by atoms with Gasteiger partial charge in [-0.1, -0.05) is 83.1 Å². The summed E-state index contributed by atoms with van der Waals surface area (Å²) in [4.78, 5) is 14.1. The van der Waals surface area contributed by atoms with Crippen LogP contribution in [0.2, 0.25) is 0 Å². The molecule has 0 fully saturated rings. The number of carboxylic acids is 1. The van der Waals surface area contributed by atoms with E-state index in [0.717, 1.165) is 32.0 Å². The lowest BCUT2D eigenvalue weighted by Crippen LogP contribution is -2.59. The van der Waals surface area contributed by atoms with Crippen molar-refractivity contribution in [2.75, 3.05) is 13.2 Å². The Morgan fingerprint density at radius 2 is 1.06 bits per heavy atom. The second-order valence-electron chi connectivity index (χ2n) is 18.4. The van der Waals surface area contributed by atoms with Crippen LogP contribution in [0.1, 0.15) is 126 Å². The van der Waals surface area contributed by atoms with E-state index in [1.807, 2.05) is 41.5 Å². The highest BCUT2D eigenvalue weighted by Gasteiger charge is 2.50. The van der Waals surface area contributed by atoms with Gasteiger partial charge in [0.05, 0.1) is 16.8 Å². The number of carboxylic acid groups (broad SMARTS) is 1. The van der Waals surface area contributed by atoms with Crippen LogP contribution < -0.4 is 4.74 Å². The molecule has 2 rings (SSSR count). The number of aliphatic hydroxyl groups excluding tert-OH is 5. The van der Waals surface area contributed by atoms with Gasteiger partial charge in [-0.3, -0.25) is 0 Å². The first-order valence-electron chi connectivity index (χ1n) is 17.6. The second kappa shape index (κ2) is 16.4. The van der Waals surface area contributed by atoms with Crippen molar-refractivity contribution in [3.63, 3.8) is 0 Å². The number of phenolic OH excluding ortho intramolecular Hbond substituents is 1. The van der Waals surface area contributed by atoms with Gasteiger partial charge in [-0.25, -0.2) is 4.79 Å². The lowest BCUT2D eigenvalue weighted by atomic mass is 9.79. The van der Waals surface area contributed by atoms with Crippen molar-refractivity contribution < 1.29 is 50.4 Å². The van der Waals surface area contributed by atoms with Gasteiger partial charge < -0.3 is 45.6 Å². The van der Waals surface area contributed by atoms with E-state index in [1.54, 1.807) is 23.5 Å². The fourth-order valence-electron chi connectivity index (χ4n) is 5.86. The van der Waals surface area contributed by atoms with Crippen LogP contribution in [0.3, 0.4) is 0 Å². The van der Waals surface area contributed by atoms with Crippen molar-refractivity contribution in [1.82, 2.24) is 0 Å². The van der Waals surface area contributed by atoms with Crippen molar-refractivity contribution >= 4 is 29.5 Å². The van der Waals surface area contributed by atoms with Crippen molar-refractivity contribution in [3.8, 4) is 11.5 Å². The molecule has 0 saturated carbocycles. The van der Waals surface area contributed by atoms with Gasteiger partial charge in [0.1, 0.15) is 36.4 Å². The zero-order chi connectivity index (χ0) is 40.6. The van der Waals surface area contributed by atoms with Crippen LogP contribution in [0.4, 0.5) is 0 Å². The first-order chi connectivity index (χ1) is 23.3. The molecule has 0 aliphatic rings. The summed E-state index contributed by atoms with van der Waals surface area (Å²) in [5.41, 5.74) is -0.964. The molecule has 1 unspecified atom stereocenters. The summed E-state index contributed by atoms with van der Waals surface area (Å²) in [5, 5.41) is 82.2. The minimum atomic E-state index is -3.05. The van der Waals surface area contributed by atoms with Crippen LogP contribution in [0.25, 0.3) is 0 Å². The lowest BCUT2D eigenvalue weighted by molar-refractivity contribution is -0.197. The van der Waals surface area contributed by atoms with Crippen molar-refractivity contribution in [2.45, 2.75) is 169 Å². The SMILES string of the molecule is CC(C)(Sc1cc(C(C)(C)C)c(O)c(C(C)(C)C)c1)Sc1cc(C(C)(C)C)c(OCC(O)C[C@](O)(C(=O)O)[C@@H](O)[C@H](O)[C@H](O)CO)c(C(C)(C)C)c1. The topological polar surface area (TPSA) is 188 Å². The summed E-state index contributed by atoms with van der Waals surface area (Å²) < 4.78 is 5.91. The second-order valence-corrected chi connectivity index (χ2v) is 22.1. The van der Waals surface area contributed by atoms with Crippen molar-refractivity contribution in [3.05, 3.63) is 46.5 Å². The maximum atomic E-state index is 12.0. The van der Waals surface area contributed by atoms with Gasteiger partial charge in [-0.2, -0.15) is 0 Å². The van der Waals surface area contributed by atoms with Gasteiger partial charge in [-0.05, 0) is 59.8 Å². The average Bonchev–Trinajstić information content (AvgIpc) is 2.96. The summed E-state index contributed by atoms with van der Waals surface area (Å²) in [6.45, 7) is 27.7. The quantitative estimate of drug-likeness (QED) is 0.0802. The van der Waals surface area contributed by atoms with E-state index in [-0.39, 0.29) is 14.9 Å². The third-order valence-electron chi connectivity index (χ3n) is 8.84. The number of hydrogen-bond donors (Lipinski definition) is 8. The number of aliphatic hydroxyl groups is 6. The third-order valence-corrected chi connectivity index (χ3v) is 11.3. The normalized spacial score (nSPS) is 16.9. The van der Waals surface area contributed by atoms with Crippen LogP contribution >= 0.6 is 23.5 Å². The zero-order valence-corrected chi connectivity index (χ0v) is 35.1. The molecule has 0 saturated heterocycles. The number of hydrogen-bond acceptors (Lipinski definition) is 11. The average molecular weight is 769 g/mol. The standard InChI is InChI=1S/C40H64O10S2/c1-35(2,3)25-15-23(16-26(30(25)44)36(4,5)6)51-39(13,14)52-24-17-27(37(7,8)9)32(28(18-24)38(10,11)12)50-21-22(42)19-40(49,34(47)48)33(46)31(45)29(43)20-41/h15-18,22,29,31,33,41-46,49H,19-21H2,1-14H3,(H,47,48)/t22?,29-,31-,33+,40-/m1/s1. The molecule has 10 nitrogen and oxygen atoms in total. The Bertz CT molecular complexity index is 1480. The first kappa shape index (κ1) is 46.1. The maximum Gasteiger partial charge on any atom is 0.338 e. The molecule has 296 valence electrons. The lowest BCUT2D eigenvalue weighted by Gasteiger charge is -2.35. The molecule has 0 aromatic heterocycles. The van der Waals surface area contributed by atoms with E-state index in [2.05, 4.69) is 79.7 Å². The van der Waals surface area contributed by atoms with E-state index in [4.69, 9.17) is 9.84 Å². The highest BCUT2D eigenvalue weighted by Crippen LogP contribution is 2.51. The maximum absolute atomic E-state index is 12.0. The van der Waals surface area contributed by atoms with E-state index < -0.39 is 66.5 Å². The Morgan fingerprint density at radius 1 is 0.692 bits per heavy atom. The monoisotopic (exact) mass is 768 g/mol.